The predicted octanol–water partition coefficient (Wildman–Crippen LogP) is 0.787. The first kappa shape index (κ1) is 5.55. The summed E-state index contributed by atoms with van der Waals surface area (Å²) in [5, 5.41) is 6.47. The van der Waals surface area contributed by atoms with Crippen LogP contribution in [0.5, 0.6) is 0 Å². The van der Waals surface area contributed by atoms with E-state index in [9.17, 15) is 0 Å². The number of nitrogens with zero attached hydrogens (tertiary/aromatic N) is 3. The van der Waals surface area contributed by atoms with Crippen molar-refractivity contribution >= 4 is 18.0 Å². The van der Waals surface area contributed by atoms with Crippen molar-refractivity contribution in [2.24, 2.45) is 0 Å². The number of hydrogen-bond acceptors (Lipinski definition) is 3. The third-order valence-electron chi connectivity index (χ3n) is 1.22. The Kier molecular flexibility index (Phi) is 1.04. The molecule has 0 aliphatic rings. The minimum absolute atomic E-state index is 0.674. The first-order valence-electron chi connectivity index (χ1n) is 2.75. The Labute approximate surface area is 61.5 Å². The molecule has 0 fully saturated rings. The fourth-order valence-corrected chi connectivity index (χ4v) is 0.952. The summed E-state index contributed by atoms with van der Waals surface area (Å²) in [5.41, 5.74) is 0. The molecule has 0 aromatic carbocycles. The second-order valence-corrected chi connectivity index (χ2v) is 2.25. The summed E-state index contributed by atoms with van der Waals surface area (Å²) < 4.78 is 2.41. The Hall–Kier alpha value is -1.23. The SMILES string of the molecule is S=c1ccnc2[nH]ncn12. The van der Waals surface area contributed by atoms with Crippen molar-refractivity contribution in [2.45, 2.75) is 0 Å². The van der Waals surface area contributed by atoms with Crippen molar-refractivity contribution in [3.63, 3.8) is 0 Å². The minimum Gasteiger partial charge on any atom is -0.258 e. The number of rotatable bonds is 0. The second kappa shape index (κ2) is 1.88. The molecular weight excluding hydrogens is 148 g/mol. The number of aromatic nitrogens is 4. The average molecular weight is 152 g/mol. The van der Waals surface area contributed by atoms with E-state index in [0.29, 0.717) is 10.4 Å². The molecule has 2 aromatic rings. The molecule has 10 heavy (non-hydrogen) atoms. The Morgan fingerprint density at radius 3 is 3.30 bits per heavy atom. The normalized spacial score (nSPS) is 10.4. The van der Waals surface area contributed by atoms with Crippen molar-refractivity contribution in [3.8, 4) is 0 Å². The highest BCUT2D eigenvalue weighted by Crippen LogP contribution is 1.93. The predicted molar refractivity (Wildman–Crippen MR) is 38.2 cm³/mol. The fraction of sp³-hybridized carbons (Fsp3) is 0. The van der Waals surface area contributed by atoms with E-state index in [-0.39, 0.29) is 0 Å². The zero-order valence-electron chi connectivity index (χ0n) is 4.98. The molecule has 0 amide bonds. The lowest BCUT2D eigenvalue weighted by molar-refractivity contribution is 1.09. The van der Waals surface area contributed by atoms with Gasteiger partial charge in [0.2, 0.25) is 5.78 Å². The van der Waals surface area contributed by atoms with Gasteiger partial charge < -0.3 is 0 Å². The monoisotopic (exact) mass is 152 g/mol. The summed E-state index contributed by atoms with van der Waals surface area (Å²) in [6.45, 7) is 0. The van der Waals surface area contributed by atoms with Gasteiger partial charge in [-0.25, -0.2) is 10.1 Å². The van der Waals surface area contributed by atoms with Gasteiger partial charge in [-0.15, -0.1) is 0 Å². The molecule has 5 heteroatoms. The molecule has 4 nitrogen and oxygen atoms in total. The van der Waals surface area contributed by atoms with Crippen molar-refractivity contribution < 1.29 is 0 Å². The smallest absolute Gasteiger partial charge is 0.230 e. The summed E-state index contributed by atoms with van der Waals surface area (Å²) in [5.74, 6) is 0.674. The van der Waals surface area contributed by atoms with Crippen LogP contribution in [0.3, 0.4) is 0 Å². The molecule has 0 aliphatic heterocycles. The molecule has 0 saturated carbocycles. The van der Waals surface area contributed by atoms with Crippen LogP contribution >= 0.6 is 12.2 Å². The van der Waals surface area contributed by atoms with E-state index in [2.05, 4.69) is 15.2 Å². The van der Waals surface area contributed by atoms with Crippen LogP contribution in [-0.2, 0) is 0 Å². The molecule has 1 N–H and O–H groups in total. The highest BCUT2D eigenvalue weighted by Gasteiger charge is 1.91. The maximum atomic E-state index is 4.97. The van der Waals surface area contributed by atoms with E-state index in [0.717, 1.165) is 0 Å². The van der Waals surface area contributed by atoms with Crippen LogP contribution in [0.1, 0.15) is 0 Å². The van der Waals surface area contributed by atoms with Crippen LogP contribution in [-0.4, -0.2) is 19.6 Å². The maximum absolute atomic E-state index is 4.97. The molecule has 0 saturated heterocycles. The molecular formula is C5H4N4S. The van der Waals surface area contributed by atoms with E-state index in [1.807, 2.05) is 0 Å². The lowest BCUT2D eigenvalue weighted by Gasteiger charge is -1.86. The van der Waals surface area contributed by atoms with E-state index < -0.39 is 0 Å². The van der Waals surface area contributed by atoms with Gasteiger partial charge in [0, 0.05) is 6.20 Å². The van der Waals surface area contributed by atoms with E-state index in [1.54, 1.807) is 23.0 Å². The molecule has 0 bridgehead atoms. The molecule has 2 heterocycles. The molecule has 50 valence electrons. The van der Waals surface area contributed by atoms with Crippen LogP contribution in [0.15, 0.2) is 18.6 Å². The third kappa shape index (κ3) is 0.640. The van der Waals surface area contributed by atoms with Crippen molar-refractivity contribution in [1.82, 2.24) is 19.6 Å². The number of hydrogen-bond donors (Lipinski definition) is 1. The molecule has 0 aliphatic carbocycles. The number of H-pyrrole nitrogens is 1. The lowest BCUT2D eigenvalue weighted by Crippen LogP contribution is -1.86. The van der Waals surface area contributed by atoms with Gasteiger partial charge in [0.1, 0.15) is 11.0 Å². The number of aromatic amines is 1. The van der Waals surface area contributed by atoms with Gasteiger partial charge in [-0.1, -0.05) is 12.2 Å². The number of nitrogens with one attached hydrogen (secondary N) is 1. The Morgan fingerprint density at radius 2 is 2.50 bits per heavy atom. The Balaban J connectivity index is 3.09. The Bertz CT molecular complexity index is 401. The van der Waals surface area contributed by atoms with Crippen LogP contribution in [0.25, 0.3) is 5.78 Å². The quantitative estimate of drug-likeness (QED) is 0.567. The van der Waals surface area contributed by atoms with Gasteiger partial charge >= 0.3 is 0 Å². The van der Waals surface area contributed by atoms with Crippen molar-refractivity contribution in [3.05, 3.63) is 23.2 Å². The van der Waals surface area contributed by atoms with E-state index in [4.69, 9.17) is 12.2 Å². The van der Waals surface area contributed by atoms with Crippen molar-refractivity contribution in [1.29, 1.82) is 0 Å². The molecule has 2 rings (SSSR count). The lowest BCUT2D eigenvalue weighted by atomic mass is 10.7. The van der Waals surface area contributed by atoms with Crippen molar-refractivity contribution in [2.75, 3.05) is 0 Å². The summed E-state index contributed by atoms with van der Waals surface area (Å²) in [7, 11) is 0. The second-order valence-electron chi connectivity index (χ2n) is 1.83. The van der Waals surface area contributed by atoms with E-state index >= 15 is 0 Å². The minimum atomic E-state index is 0.674. The fourth-order valence-electron chi connectivity index (χ4n) is 0.757. The highest BCUT2D eigenvalue weighted by molar-refractivity contribution is 7.71. The van der Waals surface area contributed by atoms with Gasteiger partial charge in [-0.2, -0.15) is 5.10 Å². The largest absolute Gasteiger partial charge is 0.258 e. The molecule has 2 aromatic heterocycles. The topological polar surface area (TPSA) is 46.0 Å². The van der Waals surface area contributed by atoms with Gasteiger partial charge in [-0.3, -0.25) is 4.40 Å². The van der Waals surface area contributed by atoms with E-state index in [1.165, 1.54) is 0 Å². The third-order valence-corrected chi connectivity index (χ3v) is 1.55. The molecule has 0 atom stereocenters. The Morgan fingerprint density at radius 1 is 1.60 bits per heavy atom. The van der Waals surface area contributed by atoms with Crippen LogP contribution < -0.4 is 0 Å². The van der Waals surface area contributed by atoms with Gasteiger partial charge in [-0.05, 0) is 6.07 Å². The number of fused-ring (bicyclic) bond motifs is 1. The molecule has 0 radical (unpaired) electrons. The van der Waals surface area contributed by atoms with Gasteiger partial charge in [0.25, 0.3) is 0 Å². The van der Waals surface area contributed by atoms with Crippen LogP contribution in [0.2, 0.25) is 0 Å². The highest BCUT2D eigenvalue weighted by atomic mass is 32.1. The van der Waals surface area contributed by atoms with Crippen LogP contribution in [0, 0.1) is 4.64 Å². The molecule has 0 spiro atoms. The maximum Gasteiger partial charge on any atom is 0.230 e. The summed E-state index contributed by atoms with van der Waals surface area (Å²) in [4.78, 5) is 3.98. The average Bonchev–Trinajstić information content (AvgIpc) is 2.36. The summed E-state index contributed by atoms with van der Waals surface area (Å²) >= 11 is 4.97. The zero-order chi connectivity index (χ0) is 6.97. The summed E-state index contributed by atoms with van der Waals surface area (Å²) in [6.07, 6.45) is 3.25. The first-order valence-corrected chi connectivity index (χ1v) is 3.15. The van der Waals surface area contributed by atoms with Crippen LogP contribution in [0.4, 0.5) is 0 Å². The zero-order valence-corrected chi connectivity index (χ0v) is 5.80. The standard InChI is InChI=1S/C5H4N4S/c10-4-1-2-6-5-8-7-3-9(4)5/h1-3H,(H,6,8). The molecule has 0 unspecified atom stereocenters. The van der Waals surface area contributed by atoms with Gasteiger partial charge in [0.15, 0.2) is 0 Å². The first-order chi connectivity index (χ1) is 4.88. The summed E-state index contributed by atoms with van der Waals surface area (Å²) in [6, 6.07) is 1.75. The van der Waals surface area contributed by atoms with Gasteiger partial charge in [0.05, 0.1) is 0 Å².